The largest absolute Gasteiger partial charge is 0.385 e. The van der Waals surface area contributed by atoms with Crippen LogP contribution in [0, 0.1) is 0 Å². The van der Waals surface area contributed by atoms with Crippen LogP contribution in [0.15, 0.2) is 28.7 Å². The third-order valence-electron chi connectivity index (χ3n) is 3.36. The van der Waals surface area contributed by atoms with Crippen LogP contribution in [-0.4, -0.2) is 39.2 Å². The molecule has 1 aliphatic rings. The van der Waals surface area contributed by atoms with Crippen LogP contribution in [0.5, 0.6) is 0 Å². The zero-order valence-electron chi connectivity index (χ0n) is 12.0. The van der Waals surface area contributed by atoms with Crippen molar-refractivity contribution in [3.63, 3.8) is 0 Å². The third kappa shape index (κ3) is 4.10. The van der Waals surface area contributed by atoms with Crippen LogP contribution in [0.2, 0.25) is 0 Å². The van der Waals surface area contributed by atoms with Gasteiger partial charge >= 0.3 is 0 Å². The zero-order valence-corrected chi connectivity index (χ0v) is 12.8. The quantitative estimate of drug-likeness (QED) is 0.501. The summed E-state index contributed by atoms with van der Waals surface area (Å²) >= 11 is 1.25. The van der Waals surface area contributed by atoms with Crippen LogP contribution < -0.4 is 11.3 Å². The van der Waals surface area contributed by atoms with Gasteiger partial charge in [-0.1, -0.05) is 17.8 Å². The molecule has 0 spiro atoms. The molecule has 0 atom stereocenters. The summed E-state index contributed by atoms with van der Waals surface area (Å²) in [6.07, 6.45) is 4.99. The molecule has 0 aromatic carbocycles. The van der Waals surface area contributed by atoms with Gasteiger partial charge in [0.05, 0.1) is 5.75 Å². The summed E-state index contributed by atoms with van der Waals surface area (Å²) < 4.78 is 1.68. The highest BCUT2D eigenvalue weighted by Gasteiger charge is 2.17. The number of nitrogen functional groups attached to an aromatic ring is 1. The maximum Gasteiger partial charge on any atom is 0.275 e. The smallest absolute Gasteiger partial charge is 0.275 e. The number of amides is 1. The van der Waals surface area contributed by atoms with Crippen molar-refractivity contribution >= 4 is 23.5 Å². The molecule has 2 heterocycles. The molecule has 1 aromatic rings. The molecule has 6 nitrogen and oxygen atoms in total. The Balaban J connectivity index is 2.06. The number of piperidine rings is 1. The van der Waals surface area contributed by atoms with Gasteiger partial charge in [-0.15, -0.1) is 6.58 Å². The minimum Gasteiger partial charge on any atom is -0.385 e. The number of hydrogen-bond donors (Lipinski definition) is 1. The van der Waals surface area contributed by atoms with Crippen molar-refractivity contribution in [3.05, 3.63) is 29.1 Å². The number of allylic oxidation sites excluding steroid dienone is 1. The molecule has 1 aliphatic heterocycles. The Bertz CT molecular complexity index is 579. The number of thioether (sulfide) groups is 1. The van der Waals surface area contributed by atoms with Gasteiger partial charge in [0.15, 0.2) is 5.16 Å². The van der Waals surface area contributed by atoms with Gasteiger partial charge in [0, 0.05) is 25.7 Å². The fourth-order valence-corrected chi connectivity index (χ4v) is 3.21. The second-order valence-corrected chi connectivity index (χ2v) is 5.87. The lowest BCUT2D eigenvalue weighted by atomic mass is 10.1. The Labute approximate surface area is 128 Å². The van der Waals surface area contributed by atoms with Gasteiger partial charge in [-0.25, -0.2) is 0 Å². The molecule has 1 aromatic heterocycles. The van der Waals surface area contributed by atoms with Crippen molar-refractivity contribution < 1.29 is 4.79 Å². The first-order chi connectivity index (χ1) is 10.1. The van der Waals surface area contributed by atoms with E-state index in [9.17, 15) is 9.59 Å². The fourth-order valence-electron chi connectivity index (χ4n) is 2.29. The second kappa shape index (κ2) is 7.31. The van der Waals surface area contributed by atoms with Gasteiger partial charge in [-0.05, 0) is 19.3 Å². The van der Waals surface area contributed by atoms with E-state index in [2.05, 4.69) is 11.6 Å². The Morgan fingerprint density at radius 2 is 2.14 bits per heavy atom. The van der Waals surface area contributed by atoms with E-state index in [1.165, 1.54) is 24.2 Å². The lowest BCUT2D eigenvalue weighted by Crippen LogP contribution is -2.36. The maximum absolute atomic E-state index is 12.1. The molecule has 2 rings (SSSR count). The van der Waals surface area contributed by atoms with Crippen molar-refractivity contribution in [2.24, 2.45) is 0 Å². The molecule has 114 valence electrons. The normalized spacial score (nSPS) is 15.0. The monoisotopic (exact) mass is 308 g/mol. The number of carbonyl (C=O) groups excluding carboxylic acids is 1. The predicted octanol–water partition coefficient (Wildman–Crippen LogP) is 1.12. The Hall–Kier alpha value is -1.76. The van der Waals surface area contributed by atoms with E-state index in [0.29, 0.717) is 17.5 Å². The van der Waals surface area contributed by atoms with Gasteiger partial charge in [0.2, 0.25) is 5.91 Å². The van der Waals surface area contributed by atoms with Crippen molar-refractivity contribution in [2.45, 2.75) is 31.0 Å². The molecule has 0 unspecified atom stereocenters. The number of anilines is 1. The average molecular weight is 308 g/mol. The minimum atomic E-state index is -0.388. The molecule has 1 fully saturated rings. The zero-order chi connectivity index (χ0) is 15.2. The van der Waals surface area contributed by atoms with Crippen molar-refractivity contribution in [3.8, 4) is 0 Å². The van der Waals surface area contributed by atoms with Gasteiger partial charge in [0.25, 0.3) is 5.56 Å². The maximum atomic E-state index is 12.1. The van der Waals surface area contributed by atoms with Crippen LogP contribution >= 0.6 is 11.8 Å². The topological polar surface area (TPSA) is 81.2 Å². The Kier molecular flexibility index (Phi) is 5.44. The SMILES string of the molecule is C=CCn1c(N)cc(=O)nc1SCC(=O)N1CCCCC1. The molecule has 0 radical (unpaired) electrons. The van der Waals surface area contributed by atoms with Gasteiger partial charge < -0.3 is 15.2 Å². The molecule has 0 saturated carbocycles. The van der Waals surface area contributed by atoms with E-state index in [-0.39, 0.29) is 17.2 Å². The van der Waals surface area contributed by atoms with E-state index in [4.69, 9.17) is 5.73 Å². The summed E-state index contributed by atoms with van der Waals surface area (Å²) in [4.78, 5) is 29.4. The van der Waals surface area contributed by atoms with Crippen LogP contribution in [0.4, 0.5) is 5.82 Å². The lowest BCUT2D eigenvalue weighted by Gasteiger charge is -2.26. The van der Waals surface area contributed by atoms with E-state index in [1.807, 2.05) is 4.90 Å². The summed E-state index contributed by atoms with van der Waals surface area (Å²) in [6.45, 7) is 5.77. The van der Waals surface area contributed by atoms with E-state index < -0.39 is 0 Å². The number of aromatic nitrogens is 2. The molecule has 0 aliphatic carbocycles. The molecular formula is C14H20N4O2S. The van der Waals surface area contributed by atoms with Crippen molar-refractivity contribution in [1.29, 1.82) is 0 Å². The van der Waals surface area contributed by atoms with Crippen LogP contribution in [-0.2, 0) is 11.3 Å². The molecule has 1 amide bonds. The first-order valence-electron chi connectivity index (χ1n) is 7.00. The number of rotatable bonds is 5. The molecule has 2 N–H and O–H groups in total. The van der Waals surface area contributed by atoms with E-state index >= 15 is 0 Å². The lowest BCUT2D eigenvalue weighted by molar-refractivity contribution is -0.129. The third-order valence-corrected chi connectivity index (χ3v) is 4.33. The highest BCUT2D eigenvalue weighted by molar-refractivity contribution is 7.99. The van der Waals surface area contributed by atoms with Crippen molar-refractivity contribution in [1.82, 2.24) is 14.5 Å². The number of nitrogens with two attached hydrogens (primary N) is 1. The predicted molar refractivity (Wildman–Crippen MR) is 84.3 cm³/mol. The number of likely N-dealkylation sites (tertiary alicyclic amines) is 1. The highest BCUT2D eigenvalue weighted by atomic mass is 32.2. The fraction of sp³-hybridized carbons (Fsp3) is 0.500. The summed E-state index contributed by atoms with van der Waals surface area (Å²) in [5.74, 6) is 0.692. The summed E-state index contributed by atoms with van der Waals surface area (Å²) in [5.41, 5.74) is 5.44. The standard InChI is InChI=1S/C14H20N4O2S/c1-2-6-18-11(15)9-12(19)16-14(18)21-10-13(20)17-7-4-3-5-8-17/h2,9H,1,3-8,10,15H2. The second-order valence-electron chi connectivity index (χ2n) is 4.93. The van der Waals surface area contributed by atoms with Crippen LogP contribution in [0.3, 0.4) is 0 Å². The summed E-state index contributed by atoms with van der Waals surface area (Å²) in [7, 11) is 0. The van der Waals surface area contributed by atoms with Crippen LogP contribution in [0.25, 0.3) is 0 Å². The first kappa shape index (κ1) is 15.6. The molecule has 0 bridgehead atoms. The Morgan fingerprint density at radius 3 is 2.81 bits per heavy atom. The molecule has 21 heavy (non-hydrogen) atoms. The van der Waals surface area contributed by atoms with Gasteiger partial charge in [-0.2, -0.15) is 4.98 Å². The summed E-state index contributed by atoms with van der Waals surface area (Å²) in [5, 5.41) is 0.463. The summed E-state index contributed by atoms with van der Waals surface area (Å²) in [6, 6.07) is 1.28. The van der Waals surface area contributed by atoms with Crippen LogP contribution in [0.1, 0.15) is 19.3 Å². The number of nitrogens with zero attached hydrogens (tertiary/aromatic N) is 3. The number of carbonyl (C=O) groups is 1. The van der Waals surface area contributed by atoms with Crippen molar-refractivity contribution in [2.75, 3.05) is 24.6 Å². The highest BCUT2D eigenvalue weighted by Crippen LogP contribution is 2.19. The average Bonchev–Trinajstić information content (AvgIpc) is 2.48. The first-order valence-corrected chi connectivity index (χ1v) is 7.99. The van der Waals surface area contributed by atoms with E-state index in [1.54, 1.807) is 10.6 Å². The molecule has 1 saturated heterocycles. The molecule has 7 heteroatoms. The van der Waals surface area contributed by atoms with Gasteiger partial charge in [-0.3, -0.25) is 9.59 Å². The Morgan fingerprint density at radius 1 is 1.43 bits per heavy atom. The molecular weight excluding hydrogens is 288 g/mol. The number of hydrogen-bond acceptors (Lipinski definition) is 5. The minimum absolute atomic E-state index is 0.0847. The van der Waals surface area contributed by atoms with E-state index in [0.717, 1.165) is 25.9 Å². The van der Waals surface area contributed by atoms with Gasteiger partial charge in [0.1, 0.15) is 5.82 Å².